The fourth-order valence-corrected chi connectivity index (χ4v) is 3.09. The first kappa shape index (κ1) is 17.5. The zero-order chi connectivity index (χ0) is 16.0. The fourth-order valence-electron chi connectivity index (χ4n) is 1.66. The molecule has 0 aliphatic heterocycles. The highest BCUT2D eigenvalue weighted by atomic mass is 35.7. The van der Waals surface area contributed by atoms with E-state index in [1.807, 2.05) is 6.92 Å². The number of hydrogen-bond acceptors (Lipinski definition) is 6. The number of nitro benzene ring substituents is 1. The van der Waals surface area contributed by atoms with Crippen molar-refractivity contribution in [1.29, 1.82) is 0 Å². The third-order valence-corrected chi connectivity index (χ3v) is 4.09. The van der Waals surface area contributed by atoms with Crippen molar-refractivity contribution in [2.24, 2.45) is 5.92 Å². The highest BCUT2D eigenvalue weighted by molar-refractivity contribution is 8.13. The van der Waals surface area contributed by atoms with Crippen LogP contribution >= 0.6 is 10.7 Å². The van der Waals surface area contributed by atoms with Gasteiger partial charge in [0.05, 0.1) is 30.5 Å². The summed E-state index contributed by atoms with van der Waals surface area (Å²) in [6.07, 6.45) is 0.571. The number of methoxy groups -OCH3 is 1. The van der Waals surface area contributed by atoms with Gasteiger partial charge in [0.15, 0.2) is 11.5 Å². The van der Waals surface area contributed by atoms with E-state index in [1.165, 1.54) is 25.3 Å². The van der Waals surface area contributed by atoms with Gasteiger partial charge in [-0.15, -0.1) is 0 Å². The van der Waals surface area contributed by atoms with Crippen LogP contribution in [-0.4, -0.2) is 32.8 Å². The Morgan fingerprint density at radius 3 is 2.52 bits per heavy atom. The number of rotatable bonds is 8. The molecule has 1 aromatic carbocycles. The molecule has 0 spiro atoms. The highest BCUT2D eigenvalue weighted by Crippen LogP contribution is 2.31. The number of halogens is 1. The van der Waals surface area contributed by atoms with Gasteiger partial charge in [-0.3, -0.25) is 10.1 Å². The minimum atomic E-state index is -3.60. The predicted octanol–water partition coefficient (Wildman–Crippen LogP) is 2.58. The van der Waals surface area contributed by atoms with E-state index >= 15 is 0 Å². The fraction of sp³-hybridized carbons (Fsp3) is 0.500. The van der Waals surface area contributed by atoms with E-state index in [1.54, 1.807) is 0 Å². The van der Waals surface area contributed by atoms with Crippen LogP contribution in [-0.2, 0) is 9.05 Å². The Hall–Kier alpha value is -1.54. The zero-order valence-corrected chi connectivity index (χ0v) is 13.2. The second kappa shape index (κ2) is 7.46. The van der Waals surface area contributed by atoms with Crippen molar-refractivity contribution in [3.05, 3.63) is 28.3 Å². The van der Waals surface area contributed by atoms with Gasteiger partial charge in [0.25, 0.3) is 5.69 Å². The van der Waals surface area contributed by atoms with Crippen LogP contribution in [0.3, 0.4) is 0 Å². The van der Waals surface area contributed by atoms with Gasteiger partial charge in [-0.1, -0.05) is 6.92 Å². The van der Waals surface area contributed by atoms with Crippen LogP contribution in [0, 0.1) is 16.0 Å². The smallest absolute Gasteiger partial charge is 0.273 e. The Labute approximate surface area is 127 Å². The molecule has 0 amide bonds. The molecular weight excluding hydrogens is 322 g/mol. The van der Waals surface area contributed by atoms with Crippen molar-refractivity contribution in [3.8, 4) is 11.5 Å². The average molecular weight is 338 g/mol. The summed E-state index contributed by atoms with van der Waals surface area (Å²) in [7, 11) is 2.99. The third-order valence-electron chi connectivity index (χ3n) is 2.84. The number of nitro groups is 1. The maximum Gasteiger partial charge on any atom is 0.273 e. The van der Waals surface area contributed by atoms with Gasteiger partial charge in [-0.2, -0.15) is 0 Å². The van der Waals surface area contributed by atoms with Crippen LogP contribution in [0.25, 0.3) is 0 Å². The van der Waals surface area contributed by atoms with Gasteiger partial charge in [-0.05, 0) is 12.5 Å². The monoisotopic (exact) mass is 337 g/mol. The molecule has 0 aliphatic rings. The first-order chi connectivity index (χ1) is 9.76. The molecule has 0 saturated carbocycles. The standard InChI is InChI=1S/C12H16ClNO6S/c1-3-9(8-21(13,17)18)7-20-11-5-4-10(14(15)16)6-12(11)19-2/h4-6,9H,3,7-8H2,1-2H3. The zero-order valence-electron chi connectivity index (χ0n) is 11.6. The summed E-state index contributed by atoms with van der Waals surface area (Å²) < 4.78 is 32.6. The molecule has 0 aromatic heterocycles. The van der Waals surface area contributed by atoms with Gasteiger partial charge in [0.2, 0.25) is 9.05 Å². The maximum atomic E-state index is 11.1. The van der Waals surface area contributed by atoms with E-state index in [0.29, 0.717) is 12.2 Å². The molecule has 0 radical (unpaired) electrons. The van der Waals surface area contributed by atoms with E-state index in [4.69, 9.17) is 20.2 Å². The number of hydrogen-bond donors (Lipinski definition) is 0. The first-order valence-electron chi connectivity index (χ1n) is 6.14. The molecule has 9 heteroatoms. The van der Waals surface area contributed by atoms with E-state index in [2.05, 4.69) is 0 Å². The Bertz CT molecular complexity index is 604. The van der Waals surface area contributed by atoms with E-state index < -0.39 is 14.0 Å². The van der Waals surface area contributed by atoms with Gasteiger partial charge in [0, 0.05) is 22.7 Å². The molecule has 1 rings (SSSR count). The molecule has 0 N–H and O–H groups in total. The predicted molar refractivity (Wildman–Crippen MR) is 78.6 cm³/mol. The van der Waals surface area contributed by atoms with Gasteiger partial charge < -0.3 is 9.47 Å². The van der Waals surface area contributed by atoms with E-state index in [-0.39, 0.29) is 29.7 Å². The Morgan fingerprint density at radius 2 is 2.05 bits per heavy atom. The van der Waals surface area contributed by atoms with E-state index in [0.717, 1.165) is 0 Å². The second-order valence-electron chi connectivity index (χ2n) is 4.38. The SMILES string of the molecule is CCC(COc1ccc([N+](=O)[O-])cc1OC)CS(=O)(=O)Cl. The maximum absolute atomic E-state index is 11.1. The molecule has 21 heavy (non-hydrogen) atoms. The largest absolute Gasteiger partial charge is 0.493 e. The third kappa shape index (κ3) is 5.76. The molecule has 0 heterocycles. The average Bonchev–Trinajstić information content (AvgIpc) is 2.41. The summed E-state index contributed by atoms with van der Waals surface area (Å²) in [5.74, 6) is 0.0640. The molecule has 1 aromatic rings. The lowest BCUT2D eigenvalue weighted by Crippen LogP contribution is -2.19. The van der Waals surface area contributed by atoms with Crippen molar-refractivity contribution in [2.75, 3.05) is 19.5 Å². The van der Waals surface area contributed by atoms with Crippen molar-refractivity contribution in [3.63, 3.8) is 0 Å². The number of benzene rings is 1. The van der Waals surface area contributed by atoms with Crippen LogP contribution < -0.4 is 9.47 Å². The summed E-state index contributed by atoms with van der Waals surface area (Å²) in [4.78, 5) is 10.1. The Morgan fingerprint density at radius 1 is 1.38 bits per heavy atom. The van der Waals surface area contributed by atoms with Crippen LogP contribution in [0.15, 0.2) is 18.2 Å². The molecule has 1 unspecified atom stereocenters. The van der Waals surface area contributed by atoms with Crippen molar-refractivity contribution >= 4 is 25.4 Å². The summed E-state index contributed by atoms with van der Waals surface area (Å²) in [6.45, 7) is 1.94. The topological polar surface area (TPSA) is 95.7 Å². The van der Waals surface area contributed by atoms with Crippen molar-refractivity contribution < 1.29 is 22.8 Å². The molecule has 0 bridgehead atoms. The van der Waals surface area contributed by atoms with Crippen molar-refractivity contribution in [2.45, 2.75) is 13.3 Å². The van der Waals surface area contributed by atoms with Crippen LogP contribution in [0.4, 0.5) is 5.69 Å². The van der Waals surface area contributed by atoms with Crippen molar-refractivity contribution in [1.82, 2.24) is 0 Å². The number of nitrogens with zero attached hydrogens (tertiary/aromatic N) is 1. The molecule has 1 atom stereocenters. The van der Waals surface area contributed by atoms with Gasteiger partial charge >= 0.3 is 0 Å². The molecule has 0 saturated heterocycles. The molecular formula is C12H16ClNO6S. The Balaban J connectivity index is 2.80. The quantitative estimate of drug-likeness (QED) is 0.411. The van der Waals surface area contributed by atoms with Crippen LogP contribution in [0.1, 0.15) is 13.3 Å². The lowest BCUT2D eigenvalue weighted by Gasteiger charge is -2.15. The molecule has 7 nitrogen and oxygen atoms in total. The summed E-state index contributed by atoms with van der Waals surface area (Å²) in [5.41, 5.74) is -0.116. The highest BCUT2D eigenvalue weighted by Gasteiger charge is 2.18. The lowest BCUT2D eigenvalue weighted by atomic mass is 10.1. The number of non-ortho nitro benzene ring substituents is 1. The van der Waals surface area contributed by atoms with Crippen LogP contribution in [0.5, 0.6) is 11.5 Å². The summed E-state index contributed by atoms with van der Waals surface area (Å²) in [5, 5.41) is 10.7. The molecule has 0 fully saturated rings. The summed E-state index contributed by atoms with van der Waals surface area (Å²) in [6, 6.07) is 3.95. The summed E-state index contributed by atoms with van der Waals surface area (Å²) >= 11 is 0. The Kier molecular flexibility index (Phi) is 6.22. The molecule has 0 aliphatic carbocycles. The minimum absolute atomic E-state index is 0.116. The van der Waals surface area contributed by atoms with Crippen LogP contribution in [0.2, 0.25) is 0 Å². The minimum Gasteiger partial charge on any atom is -0.493 e. The van der Waals surface area contributed by atoms with E-state index in [9.17, 15) is 18.5 Å². The lowest BCUT2D eigenvalue weighted by molar-refractivity contribution is -0.385. The second-order valence-corrected chi connectivity index (χ2v) is 7.20. The number of ether oxygens (including phenoxy) is 2. The molecule has 118 valence electrons. The normalized spacial score (nSPS) is 12.7. The van der Waals surface area contributed by atoms with Gasteiger partial charge in [0.1, 0.15) is 0 Å². The van der Waals surface area contributed by atoms with Gasteiger partial charge in [-0.25, -0.2) is 8.42 Å². The first-order valence-corrected chi connectivity index (χ1v) is 8.62.